The van der Waals surface area contributed by atoms with E-state index in [-0.39, 0.29) is 17.2 Å². The predicted octanol–water partition coefficient (Wildman–Crippen LogP) is 7.15. The molecule has 3 aromatic heterocycles. The molecule has 0 saturated heterocycles. The highest BCUT2D eigenvalue weighted by Crippen LogP contribution is 2.33. The van der Waals surface area contributed by atoms with E-state index in [1.54, 1.807) is 43.7 Å². The number of ether oxygens (including phenoxy) is 1. The lowest BCUT2D eigenvalue weighted by Crippen LogP contribution is -2.20. The van der Waals surface area contributed by atoms with Crippen molar-refractivity contribution in [3.05, 3.63) is 130 Å². The summed E-state index contributed by atoms with van der Waals surface area (Å²) in [6.07, 6.45) is 1.70. The fraction of sp³-hybridized carbons (Fsp3) is 0.0882. The molecule has 0 unspecified atom stereocenters. The van der Waals surface area contributed by atoms with Gasteiger partial charge < -0.3 is 13.7 Å². The van der Waals surface area contributed by atoms with Gasteiger partial charge in [0.2, 0.25) is 5.82 Å². The molecule has 0 spiro atoms. The number of rotatable bonds is 6. The van der Waals surface area contributed by atoms with Crippen LogP contribution < -0.4 is 10.3 Å². The molecule has 3 heterocycles. The molecule has 4 aromatic carbocycles. The number of halogens is 1. The number of para-hydroxylation sites is 2. The van der Waals surface area contributed by atoms with Crippen molar-refractivity contribution in [2.45, 2.75) is 13.5 Å². The molecule has 0 aliphatic carbocycles. The number of nitrogens with zero attached hydrogens (tertiary/aromatic N) is 4. The van der Waals surface area contributed by atoms with E-state index >= 15 is 0 Å². The molecule has 206 valence electrons. The van der Waals surface area contributed by atoms with Crippen molar-refractivity contribution in [1.82, 2.24) is 14.2 Å². The maximum atomic E-state index is 13.8. The molecule has 0 radical (unpaired) electrons. The molecule has 0 fully saturated rings. The van der Waals surface area contributed by atoms with Crippen LogP contribution in [0.2, 0.25) is 0 Å². The Hall–Kier alpha value is -5.50. The van der Waals surface area contributed by atoms with Crippen molar-refractivity contribution < 1.29 is 13.5 Å². The molecule has 0 aliphatic heterocycles. The quantitative estimate of drug-likeness (QED) is 0.204. The molecule has 0 bridgehead atoms. The fourth-order valence-corrected chi connectivity index (χ4v) is 5.42. The summed E-state index contributed by atoms with van der Waals surface area (Å²) in [5.41, 5.74) is 4.65. The van der Waals surface area contributed by atoms with E-state index in [4.69, 9.17) is 19.2 Å². The number of aromatic nitrogens is 3. The maximum absolute atomic E-state index is 13.8. The Bertz CT molecular complexity index is 2210. The van der Waals surface area contributed by atoms with E-state index in [0.29, 0.717) is 34.5 Å². The van der Waals surface area contributed by atoms with Crippen LogP contribution in [0, 0.1) is 12.7 Å². The maximum Gasteiger partial charge on any atom is 0.282 e. The minimum atomic E-state index is -0.313. The highest BCUT2D eigenvalue weighted by atomic mass is 19.1. The van der Waals surface area contributed by atoms with Gasteiger partial charge in [-0.2, -0.15) is 9.78 Å². The van der Waals surface area contributed by atoms with Crippen LogP contribution >= 0.6 is 0 Å². The molecule has 42 heavy (non-hydrogen) atoms. The first-order valence-corrected chi connectivity index (χ1v) is 13.5. The van der Waals surface area contributed by atoms with Crippen LogP contribution in [0.4, 0.5) is 4.39 Å². The fourth-order valence-electron chi connectivity index (χ4n) is 5.42. The van der Waals surface area contributed by atoms with E-state index < -0.39 is 0 Å². The van der Waals surface area contributed by atoms with Gasteiger partial charge in [0, 0.05) is 28.7 Å². The third-order valence-electron chi connectivity index (χ3n) is 7.55. The molecule has 7 nitrogen and oxygen atoms in total. The minimum Gasteiger partial charge on any atom is -0.496 e. The average molecular weight is 557 g/mol. The number of furan rings is 1. The summed E-state index contributed by atoms with van der Waals surface area (Å²) >= 11 is 0. The summed E-state index contributed by atoms with van der Waals surface area (Å²) in [6.45, 7) is 2.57. The van der Waals surface area contributed by atoms with Gasteiger partial charge in [-0.05, 0) is 61.0 Å². The zero-order valence-corrected chi connectivity index (χ0v) is 22.9. The Kier molecular flexibility index (Phi) is 6.16. The Morgan fingerprint density at radius 2 is 1.69 bits per heavy atom. The van der Waals surface area contributed by atoms with Gasteiger partial charge in [0.15, 0.2) is 5.76 Å². The molecule has 0 amide bonds. The summed E-state index contributed by atoms with van der Waals surface area (Å²) < 4.78 is 28.7. The van der Waals surface area contributed by atoms with Crippen LogP contribution in [0.25, 0.3) is 44.4 Å². The molecular formula is C34H25FN4O3. The van der Waals surface area contributed by atoms with E-state index in [2.05, 4.69) is 4.57 Å². The zero-order chi connectivity index (χ0) is 28.8. The third kappa shape index (κ3) is 4.25. The van der Waals surface area contributed by atoms with E-state index in [1.807, 2.05) is 61.5 Å². The van der Waals surface area contributed by atoms with Crippen LogP contribution in [-0.2, 0) is 6.54 Å². The van der Waals surface area contributed by atoms with Gasteiger partial charge in [0.1, 0.15) is 17.1 Å². The predicted molar refractivity (Wildman–Crippen MR) is 163 cm³/mol. The van der Waals surface area contributed by atoms with Gasteiger partial charge in [-0.3, -0.25) is 4.79 Å². The van der Waals surface area contributed by atoms with Crippen molar-refractivity contribution in [3.63, 3.8) is 0 Å². The number of hydrogen-bond donors (Lipinski definition) is 0. The van der Waals surface area contributed by atoms with E-state index in [9.17, 15) is 9.18 Å². The van der Waals surface area contributed by atoms with E-state index in [1.165, 1.54) is 16.8 Å². The van der Waals surface area contributed by atoms with Crippen molar-refractivity contribution >= 4 is 39.0 Å². The molecule has 0 atom stereocenters. The van der Waals surface area contributed by atoms with Crippen LogP contribution in [0.5, 0.6) is 5.75 Å². The summed E-state index contributed by atoms with van der Waals surface area (Å²) in [6, 6.07) is 29.1. The summed E-state index contributed by atoms with van der Waals surface area (Å²) in [5.74, 6) is 1.06. The lowest BCUT2D eigenvalue weighted by atomic mass is 10.1. The van der Waals surface area contributed by atoms with Gasteiger partial charge >= 0.3 is 0 Å². The highest BCUT2D eigenvalue weighted by Gasteiger charge is 2.19. The highest BCUT2D eigenvalue weighted by molar-refractivity contribution is 6.01. The van der Waals surface area contributed by atoms with Crippen LogP contribution in [0.1, 0.15) is 16.8 Å². The van der Waals surface area contributed by atoms with Gasteiger partial charge in [-0.25, -0.2) is 9.37 Å². The second-order valence-corrected chi connectivity index (χ2v) is 10.0. The summed E-state index contributed by atoms with van der Waals surface area (Å²) in [5, 5.41) is 6.92. The van der Waals surface area contributed by atoms with Crippen LogP contribution in [-0.4, -0.2) is 27.6 Å². The monoisotopic (exact) mass is 556 g/mol. The van der Waals surface area contributed by atoms with Crippen molar-refractivity contribution in [1.29, 1.82) is 0 Å². The zero-order valence-electron chi connectivity index (χ0n) is 22.9. The second-order valence-electron chi connectivity index (χ2n) is 10.0. The van der Waals surface area contributed by atoms with Gasteiger partial charge in [-0.15, -0.1) is 0 Å². The first-order chi connectivity index (χ1) is 20.5. The lowest BCUT2D eigenvalue weighted by Gasteiger charge is -2.09. The standard InChI is InChI=1S/C34H25FN4O3/c1-21-27(24-8-4-6-11-29(24)38(21)20-22-14-16-23(35)17-15-22)19-36-39-33(37-28-10-5-3-9-25(28)34(39)40)32-18-26-30(41-2)12-7-13-31(26)42-32/h3-19H,20H2,1-2H3. The molecule has 7 aromatic rings. The normalized spacial score (nSPS) is 11.8. The number of hydrogen-bond acceptors (Lipinski definition) is 5. The molecule has 0 saturated carbocycles. The molecule has 7 rings (SSSR count). The first kappa shape index (κ1) is 25.5. The Labute approximate surface area is 239 Å². The Morgan fingerprint density at radius 1 is 0.929 bits per heavy atom. The summed E-state index contributed by atoms with van der Waals surface area (Å²) in [7, 11) is 1.60. The van der Waals surface area contributed by atoms with Crippen molar-refractivity contribution in [2.24, 2.45) is 5.10 Å². The second kappa shape index (κ2) is 10.2. The SMILES string of the molecule is COc1cccc2oc(-c3nc4ccccc4c(=O)n3N=Cc3c(C)n(Cc4ccc(F)cc4)c4ccccc34)cc12. The Morgan fingerprint density at radius 3 is 2.50 bits per heavy atom. The van der Waals surface area contributed by atoms with Gasteiger partial charge in [0.05, 0.1) is 29.6 Å². The van der Waals surface area contributed by atoms with Gasteiger partial charge in [0.25, 0.3) is 5.56 Å². The van der Waals surface area contributed by atoms with Gasteiger partial charge in [-0.1, -0.05) is 48.5 Å². The van der Waals surface area contributed by atoms with E-state index in [0.717, 1.165) is 33.1 Å². The molecule has 8 heteroatoms. The minimum absolute atomic E-state index is 0.270. The first-order valence-electron chi connectivity index (χ1n) is 13.5. The summed E-state index contributed by atoms with van der Waals surface area (Å²) in [4.78, 5) is 18.6. The molecule has 0 aliphatic rings. The smallest absolute Gasteiger partial charge is 0.282 e. The van der Waals surface area contributed by atoms with Crippen molar-refractivity contribution in [3.8, 4) is 17.3 Å². The largest absolute Gasteiger partial charge is 0.496 e. The molecular weight excluding hydrogens is 531 g/mol. The van der Waals surface area contributed by atoms with Crippen LogP contribution in [0.3, 0.4) is 0 Å². The number of benzene rings is 4. The topological polar surface area (TPSA) is 74.6 Å². The molecule has 0 N–H and O–H groups in total. The number of fused-ring (bicyclic) bond motifs is 3. The average Bonchev–Trinajstić information content (AvgIpc) is 3.57. The Balaban J connectivity index is 1.40. The number of methoxy groups -OCH3 is 1. The van der Waals surface area contributed by atoms with Crippen molar-refractivity contribution in [2.75, 3.05) is 7.11 Å². The third-order valence-corrected chi connectivity index (χ3v) is 7.55. The lowest BCUT2D eigenvalue weighted by molar-refractivity contribution is 0.419. The van der Waals surface area contributed by atoms with Crippen LogP contribution in [0.15, 0.2) is 111 Å².